The van der Waals surface area contributed by atoms with Crippen molar-refractivity contribution in [2.24, 2.45) is 0 Å². The number of rotatable bonds is 3. The largest absolute Gasteiger partial charge is 0.744 e. The average molecular weight is 337 g/mol. The van der Waals surface area contributed by atoms with Crippen molar-refractivity contribution >= 4 is 10.1 Å². The molecular formula is C18H25O4S-. The maximum absolute atomic E-state index is 12.0. The minimum atomic E-state index is -4.54. The van der Waals surface area contributed by atoms with Crippen LogP contribution in [-0.4, -0.2) is 18.1 Å². The Hall–Kier alpha value is -1.07. The lowest BCUT2D eigenvalue weighted by Gasteiger charge is -2.30. The van der Waals surface area contributed by atoms with E-state index < -0.39 is 10.1 Å². The van der Waals surface area contributed by atoms with Gasteiger partial charge in [-0.2, -0.15) is 0 Å². The van der Waals surface area contributed by atoms with Crippen molar-refractivity contribution in [1.29, 1.82) is 0 Å². The zero-order chi connectivity index (χ0) is 16.4. The predicted molar refractivity (Wildman–Crippen MR) is 87.7 cm³/mol. The second-order valence-corrected chi connectivity index (χ2v) is 8.39. The van der Waals surface area contributed by atoms with Crippen molar-refractivity contribution in [3.63, 3.8) is 0 Å². The normalized spacial score (nSPS) is 21.4. The Bertz CT molecular complexity index is 615. The Balaban J connectivity index is 2.12. The number of hydrogen-bond donors (Lipinski definition) is 1. The Morgan fingerprint density at radius 1 is 0.826 bits per heavy atom. The quantitative estimate of drug-likeness (QED) is 0.830. The molecule has 1 aromatic carbocycles. The lowest BCUT2D eigenvalue weighted by molar-refractivity contribution is 0.409. The molecule has 0 aliphatic heterocycles. The Labute approximate surface area is 138 Å². The van der Waals surface area contributed by atoms with Crippen LogP contribution in [0.3, 0.4) is 0 Å². The van der Waals surface area contributed by atoms with Crippen LogP contribution < -0.4 is 0 Å². The summed E-state index contributed by atoms with van der Waals surface area (Å²) < 4.78 is 36.1. The summed E-state index contributed by atoms with van der Waals surface area (Å²) in [5.74, 6) is 0.257. The summed E-state index contributed by atoms with van der Waals surface area (Å²) in [7, 11) is -4.54. The molecule has 2 saturated carbocycles. The Morgan fingerprint density at radius 2 is 1.22 bits per heavy atom. The third-order valence-corrected chi connectivity index (χ3v) is 6.44. The molecule has 4 nitrogen and oxygen atoms in total. The second-order valence-electron chi connectivity index (χ2n) is 7.08. The number of phenolic OH excluding ortho intramolecular Hbond substituents is 1. The maximum Gasteiger partial charge on any atom is 0.125 e. The van der Waals surface area contributed by atoms with E-state index in [1.165, 1.54) is 12.1 Å². The molecule has 1 aromatic rings. The van der Waals surface area contributed by atoms with Gasteiger partial charge in [0.25, 0.3) is 0 Å². The topological polar surface area (TPSA) is 77.4 Å². The maximum atomic E-state index is 12.0. The van der Waals surface area contributed by atoms with Gasteiger partial charge in [0.2, 0.25) is 0 Å². The summed E-state index contributed by atoms with van der Waals surface area (Å²) in [6.45, 7) is 0. The fraction of sp³-hybridized carbons (Fsp3) is 0.667. The van der Waals surface area contributed by atoms with Gasteiger partial charge >= 0.3 is 0 Å². The van der Waals surface area contributed by atoms with Gasteiger partial charge in [0.15, 0.2) is 0 Å². The molecular weight excluding hydrogens is 312 g/mol. The predicted octanol–water partition coefficient (Wildman–Crippen LogP) is 4.39. The fourth-order valence-corrected chi connectivity index (χ4v) is 5.41. The van der Waals surface area contributed by atoms with Crippen LogP contribution in [0.5, 0.6) is 5.75 Å². The smallest absolute Gasteiger partial charge is 0.125 e. The average Bonchev–Trinajstić information content (AvgIpc) is 2.54. The van der Waals surface area contributed by atoms with Crippen LogP contribution in [0.25, 0.3) is 0 Å². The van der Waals surface area contributed by atoms with Gasteiger partial charge in [-0.15, -0.1) is 0 Å². The van der Waals surface area contributed by atoms with Crippen LogP contribution in [0.1, 0.15) is 87.2 Å². The Kier molecular flexibility index (Phi) is 4.97. The summed E-state index contributed by atoms with van der Waals surface area (Å²) in [6, 6.07) is 3.04. The summed E-state index contributed by atoms with van der Waals surface area (Å²) in [5.41, 5.74) is 1.14. The molecule has 0 unspecified atom stereocenters. The van der Waals surface area contributed by atoms with Gasteiger partial charge in [-0.25, -0.2) is 8.42 Å². The van der Waals surface area contributed by atoms with E-state index in [0.717, 1.165) is 64.2 Å². The van der Waals surface area contributed by atoms with Gasteiger partial charge in [0, 0.05) is 0 Å². The highest BCUT2D eigenvalue weighted by Crippen LogP contribution is 2.43. The van der Waals surface area contributed by atoms with Crippen molar-refractivity contribution in [2.75, 3.05) is 0 Å². The van der Waals surface area contributed by atoms with E-state index in [1.54, 1.807) is 0 Å². The van der Waals surface area contributed by atoms with E-state index in [9.17, 15) is 18.1 Å². The highest BCUT2D eigenvalue weighted by Gasteiger charge is 2.28. The number of aromatic hydroxyl groups is 1. The summed E-state index contributed by atoms with van der Waals surface area (Å²) in [5, 5.41) is 10.1. The molecule has 0 bridgehead atoms. The third-order valence-electron chi connectivity index (χ3n) is 5.47. The highest BCUT2D eigenvalue weighted by molar-refractivity contribution is 7.85. The first-order valence-electron chi connectivity index (χ1n) is 8.79. The van der Waals surface area contributed by atoms with Crippen LogP contribution in [0, 0.1) is 0 Å². The minimum absolute atomic E-state index is 0.0194. The molecule has 0 aromatic heterocycles. The molecule has 3 rings (SSSR count). The van der Waals surface area contributed by atoms with Gasteiger partial charge in [-0.1, -0.05) is 38.5 Å². The highest BCUT2D eigenvalue weighted by atomic mass is 32.2. The van der Waals surface area contributed by atoms with Crippen molar-refractivity contribution in [1.82, 2.24) is 0 Å². The van der Waals surface area contributed by atoms with E-state index in [0.29, 0.717) is 11.1 Å². The molecule has 23 heavy (non-hydrogen) atoms. The van der Waals surface area contributed by atoms with Crippen LogP contribution in [0.15, 0.2) is 17.0 Å². The van der Waals surface area contributed by atoms with Gasteiger partial charge < -0.3 is 9.66 Å². The zero-order valence-corrected chi connectivity index (χ0v) is 14.3. The number of benzene rings is 1. The first-order valence-corrected chi connectivity index (χ1v) is 10.2. The first kappa shape index (κ1) is 16.8. The summed E-state index contributed by atoms with van der Waals surface area (Å²) in [4.78, 5) is -0.0194. The van der Waals surface area contributed by atoms with Crippen LogP contribution in [0.4, 0.5) is 0 Å². The lowest BCUT2D eigenvalue weighted by atomic mass is 9.79. The third kappa shape index (κ3) is 3.72. The van der Waals surface area contributed by atoms with Crippen molar-refractivity contribution in [3.8, 4) is 5.75 Å². The molecule has 2 fully saturated rings. The molecule has 2 aliphatic carbocycles. The Morgan fingerprint density at radius 3 is 1.57 bits per heavy atom. The van der Waals surface area contributed by atoms with E-state index in [1.807, 2.05) is 0 Å². The second kappa shape index (κ2) is 6.81. The van der Waals surface area contributed by atoms with E-state index in [4.69, 9.17) is 0 Å². The molecule has 0 saturated heterocycles. The van der Waals surface area contributed by atoms with Crippen LogP contribution in [0.2, 0.25) is 0 Å². The lowest BCUT2D eigenvalue weighted by Crippen LogP contribution is -2.16. The van der Waals surface area contributed by atoms with E-state index in [-0.39, 0.29) is 22.5 Å². The van der Waals surface area contributed by atoms with Crippen molar-refractivity contribution < 1.29 is 18.1 Å². The number of hydrogen-bond acceptors (Lipinski definition) is 4. The molecule has 0 spiro atoms. The molecule has 0 radical (unpaired) electrons. The summed E-state index contributed by atoms with van der Waals surface area (Å²) >= 11 is 0. The molecule has 0 amide bonds. The number of phenols is 1. The standard InChI is InChI=1S/C18H26O4S/c19-15-11-16(13-7-3-1-4-8-13)18(23(20,21)22)17(12-15)14-9-5-2-6-10-14/h11-14,19H,1-10H2,(H,20,21,22)/p-1. The van der Waals surface area contributed by atoms with Gasteiger partial charge in [-0.3, -0.25) is 0 Å². The van der Waals surface area contributed by atoms with Gasteiger partial charge in [0.1, 0.15) is 15.9 Å². The SMILES string of the molecule is O=S(=O)([O-])c1c(C2CCCCC2)cc(O)cc1C1CCCCC1. The van der Waals surface area contributed by atoms with Crippen molar-refractivity contribution in [3.05, 3.63) is 23.3 Å². The van der Waals surface area contributed by atoms with Crippen LogP contribution in [-0.2, 0) is 10.1 Å². The monoisotopic (exact) mass is 337 g/mol. The van der Waals surface area contributed by atoms with Gasteiger partial charge in [-0.05, 0) is 60.8 Å². The summed E-state index contributed by atoms with van der Waals surface area (Å²) in [6.07, 6.45) is 10.1. The molecule has 1 N–H and O–H groups in total. The van der Waals surface area contributed by atoms with Crippen LogP contribution >= 0.6 is 0 Å². The molecule has 5 heteroatoms. The van der Waals surface area contributed by atoms with E-state index in [2.05, 4.69) is 0 Å². The first-order chi connectivity index (χ1) is 11.0. The molecule has 2 aliphatic rings. The van der Waals surface area contributed by atoms with Gasteiger partial charge in [0.05, 0.1) is 4.90 Å². The minimum Gasteiger partial charge on any atom is -0.744 e. The molecule has 0 heterocycles. The van der Waals surface area contributed by atoms with Crippen molar-refractivity contribution in [2.45, 2.75) is 80.9 Å². The van der Waals surface area contributed by atoms with E-state index >= 15 is 0 Å². The molecule has 0 atom stereocenters. The zero-order valence-electron chi connectivity index (χ0n) is 13.5. The molecule has 128 valence electrons. The fourth-order valence-electron chi connectivity index (χ4n) is 4.38.